The predicted octanol–water partition coefficient (Wildman–Crippen LogP) is 1.31. The summed E-state index contributed by atoms with van der Waals surface area (Å²) in [6.45, 7) is 0.743. The van der Waals surface area contributed by atoms with E-state index in [9.17, 15) is 18.3 Å². The van der Waals surface area contributed by atoms with Crippen LogP contribution >= 0.6 is 0 Å². The van der Waals surface area contributed by atoms with Crippen molar-refractivity contribution < 1.29 is 27.8 Å². The third kappa shape index (κ3) is 4.37. The van der Waals surface area contributed by atoms with Crippen molar-refractivity contribution in [1.29, 1.82) is 0 Å². The number of sulfonamides is 1. The van der Waals surface area contributed by atoms with E-state index in [0.29, 0.717) is 5.75 Å². The highest BCUT2D eigenvalue weighted by molar-refractivity contribution is 7.89. The average Bonchev–Trinajstić information content (AvgIpc) is 2.73. The maximum atomic E-state index is 12.7. The van der Waals surface area contributed by atoms with Crippen molar-refractivity contribution in [1.82, 2.24) is 9.21 Å². The number of phenolic OH excluding ortho intramolecular Hbond substituents is 1. The van der Waals surface area contributed by atoms with Gasteiger partial charge in [-0.05, 0) is 36.4 Å². The van der Waals surface area contributed by atoms with Gasteiger partial charge in [0, 0.05) is 26.2 Å². The minimum Gasteiger partial charge on any atom is -0.504 e. The molecule has 2 aromatic rings. The summed E-state index contributed by atoms with van der Waals surface area (Å²) in [5.74, 6) is 0.519. The third-order valence-corrected chi connectivity index (χ3v) is 6.42. The first-order chi connectivity index (χ1) is 13.4. The standard InChI is InChI=1S/C19H22N2O6S/c1-26-15-6-8-16(9-7-15)28(24,25)21-12-10-20(11-13-21)19(23)14-27-18-5-3-2-4-17(18)22/h2-9,22H,10-14H2,1H3. The number of rotatable bonds is 6. The Balaban J connectivity index is 1.55. The summed E-state index contributed by atoms with van der Waals surface area (Å²) >= 11 is 0. The Morgan fingerprint density at radius 1 is 1.04 bits per heavy atom. The zero-order valence-corrected chi connectivity index (χ0v) is 16.3. The molecule has 28 heavy (non-hydrogen) atoms. The molecule has 1 heterocycles. The monoisotopic (exact) mass is 406 g/mol. The van der Waals surface area contributed by atoms with Gasteiger partial charge in [0.2, 0.25) is 10.0 Å². The lowest BCUT2D eigenvalue weighted by Gasteiger charge is -2.34. The lowest BCUT2D eigenvalue weighted by molar-refractivity contribution is -0.134. The normalized spacial score (nSPS) is 15.2. The molecule has 0 atom stereocenters. The van der Waals surface area contributed by atoms with Gasteiger partial charge in [-0.2, -0.15) is 4.31 Å². The second kappa shape index (κ2) is 8.49. The number of carbonyl (C=O) groups excluding carboxylic acids is 1. The van der Waals surface area contributed by atoms with Gasteiger partial charge in [0.25, 0.3) is 5.91 Å². The Morgan fingerprint density at radius 3 is 2.29 bits per heavy atom. The van der Waals surface area contributed by atoms with Gasteiger partial charge in [-0.1, -0.05) is 12.1 Å². The molecule has 9 heteroatoms. The van der Waals surface area contributed by atoms with E-state index < -0.39 is 10.0 Å². The second-order valence-corrected chi connectivity index (χ2v) is 8.15. The van der Waals surface area contributed by atoms with Crippen LogP contribution in [0.3, 0.4) is 0 Å². The molecule has 0 aromatic heterocycles. The molecule has 0 bridgehead atoms. The fraction of sp³-hybridized carbons (Fsp3) is 0.316. The number of carbonyl (C=O) groups is 1. The number of piperazine rings is 1. The molecule has 1 fully saturated rings. The number of phenols is 1. The van der Waals surface area contributed by atoms with Crippen molar-refractivity contribution in [3.63, 3.8) is 0 Å². The first-order valence-electron chi connectivity index (χ1n) is 8.74. The highest BCUT2D eigenvalue weighted by Gasteiger charge is 2.30. The van der Waals surface area contributed by atoms with Crippen molar-refractivity contribution in [2.75, 3.05) is 39.9 Å². The van der Waals surface area contributed by atoms with Gasteiger partial charge in [-0.25, -0.2) is 8.42 Å². The van der Waals surface area contributed by atoms with E-state index in [4.69, 9.17) is 9.47 Å². The number of hydrogen-bond donors (Lipinski definition) is 1. The van der Waals surface area contributed by atoms with Gasteiger partial charge in [0.15, 0.2) is 18.1 Å². The summed E-state index contributed by atoms with van der Waals surface area (Å²) < 4.78 is 37.2. The van der Waals surface area contributed by atoms with E-state index in [1.54, 1.807) is 35.2 Å². The summed E-state index contributed by atoms with van der Waals surface area (Å²) in [6, 6.07) is 12.6. The maximum absolute atomic E-state index is 12.7. The number of hydrogen-bond acceptors (Lipinski definition) is 6. The molecule has 0 saturated carbocycles. The summed E-state index contributed by atoms with van der Waals surface area (Å²) in [7, 11) is -2.11. The molecular weight excluding hydrogens is 384 g/mol. The number of amides is 1. The van der Waals surface area contributed by atoms with Crippen LogP contribution in [-0.4, -0.2) is 68.5 Å². The van der Waals surface area contributed by atoms with E-state index in [1.165, 1.54) is 29.6 Å². The van der Waals surface area contributed by atoms with E-state index in [0.717, 1.165) is 0 Å². The van der Waals surface area contributed by atoms with Crippen LogP contribution in [0.2, 0.25) is 0 Å². The lowest BCUT2D eigenvalue weighted by Crippen LogP contribution is -2.51. The molecule has 150 valence electrons. The molecule has 1 aliphatic heterocycles. The largest absolute Gasteiger partial charge is 0.504 e. The predicted molar refractivity (Wildman–Crippen MR) is 102 cm³/mol. The van der Waals surface area contributed by atoms with Gasteiger partial charge < -0.3 is 19.5 Å². The quantitative estimate of drug-likeness (QED) is 0.777. The van der Waals surface area contributed by atoms with Crippen LogP contribution < -0.4 is 9.47 Å². The van der Waals surface area contributed by atoms with E-state index in [-0.39, 0.29) is 55.1 Å². The van der Waals surface area contributed by atoms with Gasteiger partial charge in [0.05, 0.1) is 12.0 Å². The SMILES string of the molecule is COc1ccc(S(=O)(=O)N2CCN(C(=O)COc3ccccc3O)CC2)cc1. The van der Waals surface area contributed by atoms with Crippen molar-refractivity contribution >= 4 is 15.9 Å². The summed E-state index contributed by atoms with van der Waals surface area (Å²) in [6.07, 6.45) is 0. The second-order valence-electron chi connectivity index (χ2n) is 6.22. The molecule has 3 rings (SSSR count). The average molecular weight is 406 g/mol. The molecule has 0 radical (unpaired) electrons. The van der Waals surface area contributed by atoms with Crippen molar-refractivity contribution in [2.45, 2.75) is 4.90 Å². The molecule has 2 aromatic carbocycles. The summed E-state index contributed by atoms with van der Waals surface area (Å²) in [5, 5.41) is 9.67. The molecule has 1 N–H and O–H groups in total. The fourth-order valence-electron chi connectivity index (χ4n) is 2.88. The highest BCUT2D eigenvalue weighted by Crippen LogP contribution is 2.24. The maximum Gasteiger partial charge on any atom is 0.260 e. The number of nitrogens with zero attached hydrogens (tertiary/aromatic N) is 2. The van der Waals surface area contributed by atoms with Crippen molar-refractivity contribution in [3.05, 3.63) is 48.5 Å². The van der Waals surface area contributed by atoms with Crippen molar-refractivity contribution in [3.8, 4) is 17.2 Å². The summed E-state index contributed by atoms with van der Waals surface area (Å²) in [5.41, 5.74) is 0. The molecule has 1 saturated heterocycles. The topological polar surface area (TPSA) is 96.4 Å². The van der Waals surface area contributed by atoms with Gasteiger partial charge in [-0.3, -0.25) is 4.79 Å². The van der Waals surface area contributed by atoms with Crippen LogP contribution in [0.15, 0.2) is 53.4 Å². The van der Waals surface area contributed by atoms with E-state index in [2.05, 4.69) is 0 Å². The number of methoxy groups -OCH3 is 1. The number of ether oxygens (including phenoxy) is 2. The highest BCUT2D eigenvalue weighted by atomic mass is 32.2. The van der Waals surface area contributed by atoms with Crippen LogP contribution in [0.4, 0.5) is 0 Å². The molecule has 0 aliphatic carbocycles. The van der Waals surface area contributed by atoms with Crippen LogP contribution in [0.25, 0.3) is 0 Å². The number of aromatic hydroxyl groups is 1. The summed E-state index contributed by atoms with van der Waals surface area (Å²) in [4.78, 5) is 14.1. The number of benzene rings is 2. The zero-order chi connectivity index (χ0) is 20.1. The van der Waals surface area contributed by atoms with E-state index in [1.807, 2.05) is 0 Å². The third-order valence-electron chi connectivity index (χ3n) is 4.50. The first kappa shape index (κ1) is 20.0. The minimum absolute atomic E-state index is 0.0364. The molecule has 0 unspecified atom stereocenters. The van der Waals surface area contributed by atoms with Crippen molar-refractivity contribution in [2.24, 2.45) is 0 Å². The van der Waals surface area contributed by atoms with Gasteiger partial charge in [0.1, 0.15) is 5.75 Å². The minimum atomic E-state index is -3.62. The molecule has 8 nitrogen and oxygen atoms in total. The smallest absolute Gasteiger partial charge is 0.260 e. The fourth-order valence-corrected chi connectivity index (χ4v) is 4.31. The van der Waals surface area contributed by atoms with Crippen LogP contribution in [0.5, 0.6) is 17.2 Å². The Kier molecular flexibility index (Phi) is 6.05. The van der Waals surface area contributed by atoms with Crippen LogP contribution in [0.1, 0.15) is 0 Å². The zero-order valence-electron chi connectivity index (χ0n) is 15.4. The molecule has 0 spiro atoms. The van der Waals surface area contributed by atoms with Gasteiger partial charge >= 0.3 is 0 Å². The van der Waals surface area contributed by atoms with Gasteiger partial charge in [-0.15, -0.1) is 0 Å². The Morgan fingerprint density at radius 2 is 1.68 bits per heavy atom. The Bertz CT molecular complexity index is 922. The molecule has 1 amide bonds. The molecule has 1 aliphatic rings. The Hall–Kier alpha value is -2.78. The number of para-hydroxylation sites is 2. The Labute approximate surface area is 164 Å². The van der Waals surface area contributed by atoms with E-state index >= 15 is 0 Å². The molecular formula is C19H22N2O6S. The van der Waals surface area contributed by atoms with Crippen LogP contribution in [0, 0.1) is 0 Å². The first-order valence-corrected chi connectivity index (χ1v) is 10.2. The lowest BCUT2D eigenvalue weighted by atomic mass is 10.3. The van der Waals surface area contributed by atoms with Crippen LogP contribution in [-0.2, 0) is 14.8 Å².